The highest BCUT2D eigenvalue weighted by atomic mass is 19.1. The second kappa shape index (κ2) is 7.48. The lowest BCUT2D eigenvalue weighted by Gasteiger charge is -2.13. The fourth-order valence-electron chi connectivity index (χ4n) is 2.78. The van der Waals surface area contributed by atoms with Gasteiger partial charge in [0.2, 0.25) is 0 Å². The van der Waals surface area contributed by atoms with Gasteiger partial charge in [0.1, 0.15) is 11.6 Å². The van der Waals surface area contributed by atoms with Crippen molar-refractivity contribution in [3.8, 4) is 17.2 Å². The maximum absolute atomic E-state index is 12.9. The summed E-state index contributed by atoms with van der Waals surface area (Å²) >= 11 is 0. The summed E-state index contributed by atoms with van der Waals surface area (Å²) in [6, 6.07) is 19.0. The molecule has 6 nitrogen and oxygen atoms in total. The van der Waals surface area contributed by atoms with Crippen LogP contribution >= 0.6 is 0 Å². The zero-order valence-corrected chi connectivity index (χ0v) is 14.9. The molecule has 0 unspecified atom stereocenters. The number of fused-ring (bicyclic) bond motifs is 1. The monoisotopic (exact) mass is 377 g/mol. The van der Waals surface area contributed by atoms with E-state index in [9.17, 15) is 9.18 Å². The highest BCUT2D eigenvalue weighted by molar-refractivity contribution is 5.95. The number of ether oxygens (including phenoxy) is 1. The highest BCUT2D eigenvalue weighted by Gasteiger charge is 2.19. The van der Waals surface area contributed by atoms with Gasteiger partial charge in [-0.15, -0.1) is 0 Å². The lowest BCUT2D eigenvalue weighted by molar-refractivity contribution is -0.122. The Hall–Kier alpha value is -3.74. The SMILES string of the molecule is C[C@@H](Oc1ccc(F)cc1)C(=O)Nc1noc(-c2cccc3ccccc23)n1. The van der Waals surface area contributed by atoms with E-state index in [1.807, 2.05) is 42.5 Å². The van der Waals surface area contributed by atoms with Gasteiger partial charge in [-0.2, -0.15) is 4.98 Å². The summed E-state index contributed by atoms with van der Waals surface area (Å²) in [7, 11) is 0. The summed E-state index contributed by atoms with van der Waals surface area (Å²) in [5, 5.41) is 8.39. The molecule has 4 rings (SSSR count). The minimum Gasteiger partial charge on any atom is -0.481 e. The smallest absolute Gasteiger partial charge is 0.270 e. The van der Waals surface area contributed by atoms with Crippen LogP contribution in [0.4, 0.5) is 10.3 Å². The zero-order valence-electron chi connectivity index (χ0n) is 14.9. The Morgan fingerprint density at radius 1 is 1.07 bits per heavy atom. The summed E-state index contributed by atoms with van der Waals surface area (Å²) in [5.74, 6) is -0.0953. The molecule has 0 fully saturated rings. The van der Waals surface area contributed by atoms with Crippen molar-refractivity contribution in [2.45, 2.75) is 13.0 Å². The number of nitrogens with one attached hydrogen (secondary N) is 1. The van der Waals surface area contributed by atoms with Crippen LogP contribution in [0, 0.1) is 5.82 Å². The first-order valence-corrected chi connectivity index (χ1v) is 8.65. The molecule has 1 amide bonds. The molecule has 0 saturated heterocycles. The van der Waals surface area contributed by atoms with Crippen LogP contribution in [-0.2, 0) is 4.79 Å². The van der Waals surface area contributed by atoms with Crippen LogP contribution in [0.15, 0.2) is 71.3 Å². The number of halogens is 1. The second-order valence-electron chi connectivity index (χ2n) is 6.15. The van der Waals surface area contributed by atoms with E-state index in [1.165, 1.54) is 24.3 Å². The molecule has 0 aliphatic heterocycles. The summed E-state index contributed by atoms with van der Waals surface area (Å²) in [4.78, 5) is 16.6. The molecule has 0 radical (unpaired) electrons. The van der Waals surface area contributed by atoms with Crippen LogP contribution in [0.3, 0.4) is 0 Å². The Balaban J connectivity index is 1.48. The van der Waals surface area contributed by atoms with E-state index in [-0.39, 0.29) is 11.8 Å². The second-order valence-corrected chi connectivity index (χ2v) is 6.15. The third kappa shape index (κ3) is 3.68. The zero-order chi connectivity index (χ0) is 19.5. The maximum atomic E-state index is 12.9. The molecular weight excluding hydrogens is 361 g/mol. The van der Waals surface area contributed by atoms with Gasteiger partial charge in [-0.1, -0.05) is 36.4 Å². The van der Waals surface area contributed by atoms with Gasteiger partial charge in [-0.3, -0.25) is 10.1 Å². The van der Waals surface area contributed by atoms with Gasteiger partial charge < -0.3 is 9.26 Å². The molecule has 28 heavy (non-hydrogen) atoms. The van der Waals surface area contributed by atoms with E-state index >= 15 is 0 Å². The quantitative estimate of drug-likeness (QED) is 0.557. The lowest BCUT2D eigenvalue weighted by Crippen LogP contribution is -2.30. The molecule has 4 aromatic rings. The predicted molar refractivity (Wildman–Crippen MR) is 102 cm³/mol. The average Bonchev–Trinajstić information content (AvgIpc) is 3.17. The maximum Gasteiger partial charge on any atom is 0.270 e. The van der Waals surface area contributed by atoms with Crippen LogP contribution in [0.2, 0.25) is 0 Å². The largest absolute Gasteiger partial charge is 0.481 e. The number of benzene rings is 3. The van der Waals surface area contributed by atoms with E-state index in [1.54, 1.807) is 6.92 Å². The number of amides is 1. The van der Waals surface area contributed by atoms with Gasteiger partial charge >= 0.3 is 0 Å². The van der Waals surface area contributed by atoms with Gasteiger partial charge in [0, 0.05) is 5.56 Å². The number of carbonyl (C=O) groups is 1. The van der Waals surface area contributed by atoms with Crippen molar-refractivity contribution < 1.29 is 18.4 Å². The van der Waals surface area contributed by atoms with E-state index < -0.39 is 12.0 Å². The minimum absolute atomic E-state index is 0.0440. The average molecular weight is 377 g/mol. The topological polar surface area (TPSA) is 77.2 Å². The van der Waals surface area contributed by atoms with Crippen LogP contribution in [0.25, 0.3) is 22.2 Å². The number of nitrogens with zero attached hydrogens (tertiary/aromatic N) is 2. The number of carbonyl (C=O) groups excluding carboxylic acids is 1. The van der Waals surface area contributed by atoms with E-state index in [2.05, 4.69) is 15.5 Å². The molecule has 1 heterocycles. The van der Waals surface area contributed by atoms with E-state index in [4.69, 9.17) is 9.26 Å². The Bertz CT molecular complexity index is 1120. The molecule has 7 heteroatoms. The van der Waals surface area contributed by atoms with Gasteiger partial charge in [-0.25, -0.2) is 4.39 Å². The van der Waals surface area contributed by atoms with Crippen molar-refractivity contribution in [2.75, 3.05) is 5.32 Å². The van der Waals surface area contributed by atoms with Crippen molar-refractivity contribution in [2.24, 2.45) is 0 Å². The lowest BCUT2D eigenvalue weighted by atomic mass is 10.0. The fourth-order valence-corrected chi connectivity index (χ4v) is 2.78. The Labute approximate surface area is 159 Å². The first kappa shape index (κ1) is 17.7. The third-order valence-electron chi connectivity index (χ3n) is 4.18. The summed E-state index contributed by atoms with van der Waals surface area (Å²) < 4.78 is 23.7. The molecule has 0 bridgehead atoms. The van der Waals surface area contributed by atoms with Crippen molar-refractivity contribution in [3.05, 3.63) is 72.5 Å². The Kier molecular flexibility index (Phi) is 4.72. The van der Waals surface area contributed by atoms with Crippen molar-refractivity contribution in [1.82, 2.24) is 10.1 Å². The Morgan fingerprint density at radius 3 is 2.64 bits per heavy atom. The molecule has 3 aromatic carbocycles. The van der Waals surface area contributed by atoms with Gasteiger partial charge in [-0.05, 0) is 53.2 Å². The third-order valence-corrected chi connectivity index (χ3v) is 4.18. The number of anilines is 1. The Morgan fingerprint density at radius 2 is 1.82 bits per heavy atom. The van der Waals surface area contributed by atoms with Gasteiger partial charge in [0.25, 0.3) is 17.7 Å². The number of hydrogen-bond acceptors (Lipinski definition) is 5. The van der Waals surface area contributed by atoms with Gasteiger partial charge in [0.15, 0.2) is 6.10 Å². The minimum atomic E-state index is -0.829. The molecule has 1 aromatic heterocycles. The van der Waals surface area contributed by atoms with Crippen molar-refractivity contribution in [1.29, 1.82) is 0 Å². The molecule has 0 aliphatic rings. The predicted octanol–water partition coefficient (Wildman–Crippen LogP) is 4.43. The highest BCUT2D eigenvalue weighted by Crippen LogP contribution is 2.27. The number of aromatic nitrogens is 2. The molecule has 1 atom stereocenters. The normalized spacial score (nSPS) is 11.9. The van der Waals surface area contributed by atoms with Crippen LogP contribution in [0.1, 0.15) is 6.92 Å². The number of rotatable bonds is 5. The standard InChI is InChI=1S/C21H16FN3O3/c1-13(27-16-11-9-15(22)10-12-16)19(26)23-21-24-20(28-25-21)18-8-4-6-14-5-2-3-7-17(14)18/h2-13H,1H3,(H,23,25,26)/t13-/m1/s1. The first-order valence-electron chi connectivity index (χ1n) is 8.65. The summed E-state index contributed by atoms with van der Waals surface area (Å²) in [6.45, 7) is 1.57. The molecule has 1 N–H and O–H groups in total. The van der Waals surface area contributed by atoms with E-state index in [0.717, 1.165) is 16.3 Å². The molecule has 0 spiro atoms. The van der Waals surface area contributed by atoms with Crippen molar-refractivity contribution >= 4 is 22.6 Å². The summed E-state index contributed by atoms with van der Waals surface area (Å²) in [6.07, 6.45) is -0.829. The van der Waals surface area contributed by atoms with Crippen molar-refractivity contribution in [3.63, 3.8) is 0 Å². The van der Waals surface area contributed by atoms with Crippen LogP contribution in [0.5, 0.6) is 5.75 Å². The fraction of sp³-hybridized carbons (Fsp3) is 0.0952. The molecule has 140 valence electrons. The molecule has 0 saturated carbocycles. The van der Waals surface area contributed by atoms with Crippen LogP contribution < -0.4 is 10.1 Å². The first-order chi connectivity index (χ1) is 13.6. The molecule has 0 aliphatic carbocycles. The van der Waals surface area contributed by atoms with Gasteiger partial charge in [0.05, 0.1) is 0 Å². The summed E-state index contributed by atoms with van der Waals surface area (Å²) in [5.41, 5.74) is 0.779. The number of hydrogen-bond donors (Lipinski definition) is 1. The van der Waals surface area contributed by atoms with Crippen LogP contribution in [-0.4, -0.2) is 22.2 Å². The molecular formula is C21H16FN3O3. The van der Waals surface area contributed by atoms with E-state index in [0.29, 0.717) is 11.6 Å².